The number of methoxy groups -OCH3 is 2. The van der Waals surface area contributed by atoms with Crippen LogP contribution in [0.3, 0.4) is 0 Å². The lowest BCUT2D eigenvalue weighted by Gasteiger charge is -2.17. The van der Waals surface area contributed by atoms with Crippen molar-refractivity contribution < 1.29 is 19.1 Å². The number of aryl methyl sites for hydroxylation is 1. The van der Waals surface area contributed by atoms with Gasteiger partial charge in [-0.15, -0.1) is 11.3 Å². The summed E-state index contributed by atoms with van der Waals surface area (Å²) < 4.78 is 10.6. The minimum Gasteiger partial charge on any atom is -0.493 e. The molecule has 1 aromatic heterocycles. The molecule has 1 fully saturated rings. The SMILES string of the molecule is COc1ccc(CCN2C[C@H](C(=O)Nc3ncc(C)s3)CC2=O)cc1OC. The first kappa shape index (κ1) is 19.2. The Morgan fingerprint density at radius 1 is 1.33 bits per heavy atom. The molecule has 1 atom stereocenters. The molecule has 7 nitrogen and oxygen atoms in total. The van der Waals surface area contributed by atoms with Crippen LogP contribution < -0.4 is 14.8 Å². The monoisotopic (exact) mass is 389 g/mol. The Bertz CT molecular complexity index is 836. The molecule has 0 saturated carbocycles. The highest BCUT2D eigenvalue weighted by Crippen LogP contribution is 2.28. The number of ether oxygens (including phenoxy) is 2. The van der Waals surface area contributed by atoms with Crippen molar-refractivity contribution in [2.24, 2.45) is 5.92 Å². The van der Waals surface area contributed by atoms with Crippen LogP contribution in [-0.2, 0) is 16.0 Å². The van der Waals surface area contributed by atoms with E-state index in [1.807, 2.05) is 25.1 Å². The summed E-state index contributed by atoms with van der Waals surface area (Å²) in [5.41, 5.74) is 1.05. The van der Waals surface area contributed by atoms with Crippen molar-refractivity contribution in [2.45, 2.75) is 19.8 Å². The lowest BCUT2D eigenvalue weighted by molar-refractivity contribution is -0.128. The summed E-state index contributed by atoms with van der Waals surface area (Å²) in [5, 5.41) is 3.38. The lowest BCUT2D eigenvalue weighted by Crippen LogP contribution is -2.30. The fraction of sp³-hybridized carbons (Fsp3) is 0.421. The summed E-state index contributed by atoms with van der Waals surface area (Å²) >= 11 is 1.43. The highest BCUT2D eigenvalue weighted by Gasteiger charge is 2.34. The molecular weight excluding hydrogens is 366 g/mol. The number of carbonyl (C=O) groups is 2. The van der Waals surface area contributed by atoms with Gasteiger partial charge in [0.05, 0.1) is 20.1 Å². The Morgan fingerprint density at radius 3 is 2.78 bits per heavy atom. The van der Waals surface area contributed by atoms with Crippen molar-refractivity contribution in [3.8, 4) is 11.5 Å². The topological polar surface area (TPSA) is 80.8 Å². The molecule has 0 spiro atoms. The van der Waals surface area contributed by atoms with E-state index in [-0.39, 0.29) is 24.2 Å². The number of anilines is 1. The van der Waals surface area contributed by atoms with Crippen molar-refractivity contribution in [3.63, 3.8) is 0 Å². The summed E-state index contributed by atoms with van der Waals surface area (Å²) in [6.45, 7) is 2.93. The van der Waals surface area contributed by atoms with Gasteiger partial charge in [-0.3, -0.25) is 9.59 Å². The molecule has 1 saturated heterocycles. The van der Waals surface area contributed by atoms with Gasteiger partial charge in [0.25, 0.3) is 0 Å². The van der Waals surface area contributed by atoms with Crippen molar-refractivity contribution in [3.05, 3.63) is 34.8 Å². The van der Waals surface area contributed by atoms with Gasteiger partial charge >= 0.3 is 0 Å². The molecule has 1 aliphatic heterocycles. The molecule has 8 heteroatoms. The minimum atomic E-state index is -0.341. The fourth-order valence-corrected chi connectivity index (χ4v) is 3.75. The molecule has 144 valence electrons. The van der Waals surface area contributed by atoms with E-state index in [4.69, 9.17) is 9.47 Å². The van der Waals surface area contributed by atoms with Crippen LogP contribution in [0.25, 0.3) is 0 Å². The zero-order valence-electron chi connectivity index (χ0n) is 15.7. The maximum atomic E-state index is 12.4. The van der Waals surface area contributed by atoms with Crippen molar-refractivity contribution >= 4 is 28.3 Å². The van der Waals surface area contributed by atoms with Crippen molar-refractivity contribution in [2.75, 3.05) is 32.6 Å². The van der Waals surface area contributed by atoms with E-state index in [0.717, 1.165) is 10.4 Å². The second-order valence-electron chi connectivity index (χ2n) is 6.45. The van der Waals surface area contributed by atoms with Crippen LogP contribution in [-0.4, -0.2) is 49.0 Å². The maximum Gasteiger partial charge on any atom is 0.231 e. The Balaban J connectivity index is 1.55. The van der Waals surface area contributed by atoms with Crippen LogP contribution in [0.4, 0.5) is 5.13 Å². The van der Waals surface area contributed by atoms with E-state index >= 15 is 0 Å². The molecule has 3 rings (SSSR count). The number of hydrogen-bond acceptors (Lipinski definition) is 6. The van der Waals surface area contributed by atoms with Crippen LogP contribution >= 0.6 is 11.3 Å². The van der Waals surface area contributed by atoms with Gasteiger partial charge in [0, 0.05) is 30.6 Å². The number of benzene rings is 1. The normalized spacial score (nSPS) is 16.5. The van der Waals surface area contributed by atoms with E-state index in [2.05, 4.69) is 10.3 Å². The van der Waals surface area contributed by atoms with Crippen LogP contribution in [0.2, 0.25) is 0 Å². The number of amides is 2. The van der Waals surface area contributed by atoms with Crippen LogP contribution in [0.5, 0.6) is 11.5 Å². The van der Waals surface area contributed by atoms with E-state index in [1.54, 1.807) is 25.3 Å². The third-order valence-electron chi connectivity index (χ3n) is 4.56. The number of hydrogen-bond donors (Lipinski definition) is 1. The number of rotatable bonds is 7. The number of aromatic nitrogens is 1. The summed E-state index contributed by atoms with van der Waals surface area (Å²) in [5.74, 6) is 0.857. The molecule has 1 aromatic carbocycles. The quantitative estimate of drug-likeness (QED) is 0.787. The highest BCUT2D eigenvalue weighted by atomic mass is 32.1. The van der Waals surface area contributed by atoms with E-state index in [9.17, 15) is 9.59 Å². The number of nitrogens with one attached hydrogen (secondary N) is 1. The Labute approximate surface area is 162 Å². The van der Waals surface area contributed by atoms with Crippen LogP contribution in [0, 0.1) is 12.8 Å². The Kier molecular flexibility index (Phi) is 5.95. The summed E-state index contributed by atoms with van der Waals surface area (Å²) in [6, 6.07) is 5.72. The molecule has 1 aliphatic rings. The van der Waals surface area contributed by atoms with Gasteiger partial charge in [-0.05, 0) is 31.0 Å². The largest absolute Gasteiger partial charge is 0.493 e. The highest BCUT2D eigenvalue weighted by molar-refractivity contribution is 7.15. The lowest BCUT2D eigenvalue weighted by atomic mass is 10.1. The molecule has 1 N–H and O–H groups in total. The van der Waals surface area contributed by atoms with Crippen LogP contribution in [0.15, 0.2) is 24.4 Å². The van der Waals surface area contributed by atoms with Gasteiger partial charge in [0.2, 0.25) is 11.8 Å². The molecule has 2 amide bonds. The number of likely N-dealkylation sites (tertiary alicyclic amines) is 1. The second kappa shape index (κ2) is 8.39. The van der Waals surface area contributed by atoms with Gasteiger partial charge < -0.3 is 19.7 Å². The first-order chi connectivity index (χ1) is 13.0. The molecular formula is C19H23N3O4S. The Hall–Kier alpha value is -2.61. The number of carbonyl (C=O) groups excluding carboxylic acids is 2. The first-order valence-corrected chi connectivity index (χ1v) is 9.53. The van der Waals surface area contributed by atoms with Crippen molar-refractivity contribution in [1.29, 1.82) is 0 Å². The third kappa shape index (κ3) is 4.57. The predicted octanol–water partition coefficient (Wildman–Crippen LogP) is 2.50. The number of thiazole rings is 1. The van der Waals surface area contributed by atoms with E-state index in [0.29, 0.717) is 36.1 Å². The molecule has 0 aliphatic carbocycles. The average Bonchev–Trinajstić information content (AvgIpc) is 3.24. The average molecular weight is 389 g/mol. The summed E-state index contributed by atoms with van der Waals surface area (Å²) in [6.07, 6.45) is 2.64. The van der Waals surface area contributed by atoms with Gasteiger partial charge in [-0.1, -0.05) is 6.07 Å². The minimum absolute atomic E-state index is 0.00551. The standard InChI is InChI=1S/C19H23N3O4S/c1-12-10-20-19(27-12)21-18(24)14-9-17(23)22(11-14)7-6-13-4-5-15(25-2)16(8-13)26-3/h4-5,8,10,14H,6-7,9,11H2,1-3H3,(H,20,21,24)/t14-/m1/s1. The Morgan fingerprint density at radius 2 is 2.11 bits per heavy atom. The summed E-state index contributed by atoms with van der Waals surface area (Å²) in [4.78, 5) is 31.6. The second-order valence-corrected chi connectivity index (χ2v) is 7.68. The molecule has 2 heterocycles. The zero-order valence-corrected chi connectivity index (χ0v) is 16.5. The van der Waals surface area contributed by atoms with Gasteiger partial charge in [0.1, 0.15) is 0 Å². The van der Waals surface area contributed by atoms with Crippen LogP contribution in [0.1, 0.15) is 16.9 Å². The molecule has 27 heavy (non-hydrogen) atoms. The molecule has 2 aromatic rings. The zero-order chi connectivity index (χ0) is 19.4. The summed E-state index contributed by atoms with van der Waals surface area (Å²) in [7, 11) is 3.19. The first-order valence-electron chi connectivity index (χ1n) is 8.72. The molecule has 0 bridgehead atoms. The maximum absolute atomic E-state index is 12.4. The number of nitrogens with zero attached hydrogens (tertiary/aromatic N) is 2. The third-order valence-corrected chi connectivity index (χ3v) is 5.38. The fourth-order valence-electron chi connectivity index (χ4n) is 3.08. The van der Waals surface area contributed by atoms with Gasteiger partial charge in [-0.2, -0.15) is 0 Å². The van der Waals surface area contributed by atoms with E-state index in [1.165, 1.54) is 11.3 Å². The molecule has 0 radical (unpaired) electrons. The van der Waals surface area contributed by atoms with Gasteiger partial charge in [-0.25, -0.2) is 4.98 Å². The smallest absolute Gasteiger partial charge is 0.231 e. The molecule has 0 unspecified atom stereocenters. The predicted molar refractivity (Wildman–Crippen MR) is 103 cm³/mol. The van der Waals surface area contributed by atoms with Crippen molar-refractivity contribution in [1.82, 2.24) is 9.88 Å². The van der Waals surface area contributed by atoms with Gasteiger partial charge in [0.15, 0.2) is 16.6 Å². The van der Waals surface area contributed by atoms with E-state index < -0.39 is 0 Å².